The van der Waals surface area contributed by atoms with E-state index in [-0.39, 0.29) is 11.8 Å². The van der Waals surface area contributed by atoms with E-state index in [4.69, 9.17) is 0 Å². The average Bonchev–Trinajstić information content (AvgIpc) is 3.23. The zero-order valence-corrected chi connectivity index (χ0v) is 15.3. The van der Waals surface area contributed by atoms with Crippen LogP contribution in [0.4, 0.5) is 11.4 Å². The highest BCUT2D eigenvalue weighted by atomic mass is 16.2. The van der Waals surface area contributed by atoms with E-state index in [1.807, 2.05) is 0 Å². The number of nitrogens with one attached hydrogen (secondary N) is 2. The molecule has 2 aromatic rings. The molecule has 1 aliphatic carbocycles. The Labute approximate surface area is 158 Å². The lowest BCUT2D eigenvalue weighted by atomic mass is 9.74. The number of carbonyl (C=O) groups is 2. The van der Waals surface area contributed by atoms with Gasteiger partial charge in [0.2, 0.25) is 11.8 Å². The van der Waals surface area contributed by atoms with Gasteiger partial charge in [-0.3, -0.25) is 14.3 Å². The fraction of sp³-hybridized carbons (Fsp3) is 0.400. The molecule has 1 aromatic heterocycles. The molecule has 1 aromatic carbocycles. The largest absolute Gasteiger partial charge is 0.325 e. The normalized spacial score (nSPS) is 16.7. The molecule has 140 valence electrons. The summed E-state index contributed by atoms with van der Waals surface area (Å²) in [6, 6.07) is 10.5. The van der Waals surface area contributed by atoms with E-state index in [0.717, 1.165) is 19.3 Å². The zero-order chi connectivity index (χ0) is 19.3. The minimum Gasteiger partial charge on any atom is -0.325 e. The van der Waals surface area contributed by atoms with Gasteiger partial charge >= 0.3 is 0 Å². The number of nitrogens with zero attached hydrogens (tertiary/aromatic N) is 3. The summed E-state index contributed by atoms with van der Waals surface area (Å²) in [5.74, 6) is -0.471. The lowest BCUT2D eigenvalue weighted by Gasteiger charge is -2.29. The molecule has 2 amide bonds. The SMILES string of the molecule is CC(C(=O)Nc1cccc(NC(=O)C2(C#N)CCCCC2)c1)n1cccn1. The van der Waals surface area contributed by atoms with E-state index < -0.39 is 11.5 Å². The van der Waals surface area contributed by atoms with Gasteiger partial charge in [-0.1, -0.05) is 25.3 Å². The standard InChI is InChI=1S/C20H23N5O2/c1-15(25-12-6-11-22-25)18(26)23-16-7-5-8-17(13-16)24-19(27)20(14-21)9-3-2-4-10-20/h5-8,11-13,15H,2-4,9-10H2,1H3,(H,23,26)(H,24,27). The minimum absolute atomic E-state index is 0.206. The summed E-state index contributed by atoms with van der Waals surface area (Å²) in [4.78, 5) is 25.1. The summed E-state index contributed by atoms with van der Waals surface area (Å²) in [5, 5.41) is 19.3. The van der Waals surface area contributed by atoms with Gasteiger partial charge in [0.25, 0.3) is 0 Å². The Hall–Kier alpha value is -3.14. The van der Waals surface area contributed by atoms with E-state index in [1.165, 1.54) is 0 Å². The quantitative estimate of drug-likeness (QED) is 0.847. The van der Waals surface area contributed by atoms with E-state index in [2.05, 4.69) is 21.8 Å². The molecule has 7 heteroatoms. The molecule has 1 aliphatic rings. The predicted octanol–water partition coefficient (Wildman–Crippen LogP) is 3.50. The zero-order valence-electron chi connectivity index (χ0n) is 15.3. The minimum atomic E-state index is -0.952. The first kappa shape index (κ1) is 18.6. The highest BCUT2D eigenvalue weighted by Gasteiger charge is 2.39. The summed E-state index contributed by atoms with van der Waals surface area (Å²) in [7, 11) is 0. The van der Waals surface area contributed by atoms with Crippen LogP contribution in [-0.2, 0) is 9.59 Å². The van der Waals surface area contributed by atoms with Crippen molar-refractivity contribution in [2.45, 2.75) is 45.1 Å². The smallest absolute Gasteiger partial charge is 0.248 e. The Morgan fingerprint density at radius 3 is 2.52 bits per heavy atom. The Morgan fingerprint density at radius 1 is 1.19 bits per heavy atom. The summed E-state index contributed by atoms with van der Waals surface area (Å²) in [6.07, 6.45) is 7.38. The van der Waals surface area contributed by atoms with E-state index in [1.54, 1.807) is 54.3 Å². The Balaban J connectivity index is 1.67. The third-order valence-corrected chi connectivity index (χ3v) is 5.04. The first-order valence-electron chi connectivity index (χ1n) is 9.17. The van der Waals surface area contributed by atoms with Crippen LogP contribution in [0.1, 0.15) is 45.1 Å². The van der Waals surface area contributed by atoms with Crippen molar-refractivity contribution < 1.29 is 9.59 Å². The number of hydrogen-bond donors (Lipinski definition) is 2. The van der Waals surface area contributed by atoms with Crippen LogP contribution in [0.2, 0.25) is 0 Å². The fourth-order valence-corrected chi connectivity index (χ4v) is 3.35. The first-order chi connectivity index (χ1) is 13.0. The van der Waals surface area contributed by atoms with Crippen molar-refractivity contribution in [3.8, 4) is 6.07 Å². The molecular weight excluding hydrogens is 342 g/mol. The van der Waals surface area contributed by atoms with E-state index in [0.29, 0.717) is 24.2 Å². The molecule has 0 saturated heterocycles. The second-order valence-electron chi connectivity index (χ2n) is 6.94. The van der Waals surface area contributed by atoms with Crippen molar-refractivity contribution >= 4 is 23.2 Å². The van der Waals surface area contributed by atoms with Gasteiger partial charge in [-0.25, -0.2) is 0 Å². The molecule has 1 atom stereocenters. The van der Waals surface area contributed by atoms with Crippen LogP contribution >= 0.6 is 0 Å². The molecule has 1 unspecified atom stereocenters. The second-order valence-corrected chi connectivity index (χ2v) is 6.94. The predicted molar refractivity (Wildman–Crippen MR) is 102 cm³/mol. The Morgan fingerprint density at radius 2 is 1.89 bits per heavy atom. The summed E-state index contributed by atoms with van der Waals surface area (Å²) >= 11 is 0. The molecule has 0 spiro atoms. The van der Waals surface area contributed by atoms with Crippen LogP contribution in [0.5, 0.6) is 0 Å². The van der Waals surface area contributed by atoms with Crippen molar-refractivity contribution in [1.29, 1.82) is 5.26 Å². The lowest BCUT2D eigenvalue weighted by Crippen LogP contribution is -2.36. The van der Waals surface area contributed by atoms with Gasteiger partial charge < -0.3 is 10.6 Å². The third-order valence-electron chi connectivity index (χ3n) is 5.04. The molecular formula is C20H23N5O2. The first-order valence-corrected chi connectivity index (χ1v) is 9.17. The van der Waals surface area contributed by atoms with Crippen LogP contribution in [0.3, 0.4) is 0 Å². The van der Waals surface area contributed by atoms with E-state index >= 15 is 0 Å². The molecule has 3 rings (SSSR count). The van der Waals surface area contributed by atoms with Crippen molar-refractivity contribution in [2.75, 3.05) is 10.6 Å². The van der Waals surface area contributed by atoms with Gasteiger partial charge in [-0.05, 0) is 44.0 Å². The van der Waals surface area contributed by atoms with Crippen LogP contribution in [0.15, 0.2) is 42.7 Å². The number of aromatic nitrogens is 2. The highest BCUT2D eigenvalue weighted by molar-refractivity contribution is 5.98. The molecule has 1 saturated carbocycles. The van der Waals surface area contributed by atoms with Crippen molar-refractivity contribution in [1.82, 2.24) is 9.78 Å². The van der Waals surface area contributed by atoms with Crippen molar-refractivity contribution in [2.24, 2.45) is 5.41 Å². The number of hydrogen-bond acceptors (Lipinski definition) is 4. The van der Waals surface area contributed by atoms with Crippen LogP contribution in [0, 0.1) is 16.7 Å². The molecule has 27 heavy (non-hydrogen) atoms. The number of amides is 2. The molecule has 1 heterocycles. The number of anilines is 2. The van der Waals surface area contributed by atoms with Gasteiger partial charge in [0.15, 0.2) is 0 Å². The number of carbonyl (C=O) groups excluding carboxylic acids is 2. The number of rotatable bonds is 5. The van der Waals surface area contributed by atoms with Crippen LogP contribution in [0.25, 0.3) is 0 Å². The third kappa shape index (κ3) is 4.17. The van der Waals surface area contributed by atoms with Crippen LogP contribution < -0.4 is 10.6 Å². The van der Waals surface area contributed by atoms with Gasteiger partial charge in [-0.2, -0.15) is 10.4 Å². The van der Waals surface area contributed by atoms with Crippen molar-refractivity contribution in [3.05, 3.63) is 42.7 Å². The maximum atomic E-state index is 12.7. The molecule has 7 nitrogen and oxygen atoms in total. The summed E-state index contributed by atoms with van der Waals surface area (Å²) in [5.41, 5.74) is 0.183. The summed E-state index contributed by atoms with van der Waals surface area (Å²) in [6.45, 7) is 1.76. The van der Waals surface area contributed by atoms with Crippen molar-refractivity contribution in [3.63, 3.8) is 0 Å². The molecule has 2 N–H and O–H groups in total. The summed E-state index contributed by atoms with van der Waals surface area (Å²) < 4.78 is 1.57. The average molecular weight is 365 g/mol. The maximum absolute atomic E-state index is 12.7. The van der Waals surface area contributed by atoms with Gasteiger partial charge in [0.1, 0.15) is 11.5 Å². The van der Waals surface area contributed by atoms with Gasteiger partial charge in [-0.15, -0.1) is 0 Å². The molecule has 0 bridgehead atoms. The van der Waals surface area contributed by atoms with Gasteiger partial charge in [0, 0.05) is 23.8 Å². The number of nitriles is 1. The van der Waals surface area contributed by atoms with Gasteiger partial charge in [0.05, 0.1) is 6.07 Å². The molecule has 1 fully saturated rings. The Kier molecular flexibility index (Phi) is 5.55. The molecule has 0 aliphatic heterocycles. The highest BCUT2D eigenvalue weighted by Crippen LogP contribution is 2.36. The lowest BCUT2D eigenvalue weighted by molar-refractivity contribution is -0.124. The Bertz CT molecular complexity index is 848. The topological polar surface area (TPSA) is 99.8 Å². The number of benzene rings is 1. The monoisotopic (exact) mass is 365 g/mol. The fourth-order valence-electron chi connectivity index (χ4n) is 3.35. The van der Waals surface area contributed by atoms with Crippen LogP contribution in [-0.4, -0.2) is 21.6 Å². The maximum Gasteiger partial charge on any atom is 0.248 e. The molecule has 0 radical (unpaired) electrons. The van der Waals surface area contributed by atoms with E-state index in [9.17, 15) is 14.9 Å². The second kappa shape index (κ2) is 8.04.